The molecule has 0 N–H and O–H groups in total. The van der Waals surface area contributed by atoms with E-state index in [9.17, 15) is 0 Å². The molecule has 3 rings (SSSR count). The molecular weight excluding hydrogens is 282 g/mol. The first kappa shape index (κ1) is 10.7. The fraction of sp³-hybridized carbons (Fsp3) is 0.364. The van der Waals surface area contributed by atoms with Crippen LogP contribution in [0.1, 0.15) is 11.4 Å². The monoisotopic (exact) mass is 293 g/mol. The molecule has 0 aliphatic carbocycles. The third-order valence-corrected chi connectivity index (χ3v) is 3.55. The average molecular weight is 294 g/mol. The van der Waals surface area contributed by atoms with Crippen molar-refractivity contribution in [3.8, 4) is 0 Å². The molecule has 88 valence electrons. The number of fused-ring (bicyclic) bond motifs is 1. The lowest BCUT2D eigenvalue weighted by Crippen LogP contribution is -2.34. The zero-order chi connectivity index (χ0) is 11.7. The van der Waals surface area contributed by atoms with E-state index in [-0.39, 0.29) is 0 Å². The average Bonchev–Trinajstić information content (AvgIpc) is 2.85. The molecule has 0 amide bonds. The number of rotatable bonds is 2. The summed E-state index contributed by atoms with van der Waals surface area (Å²) >= 11 is 3.50. The largest absolute Gasteiger partial charge is 0.347 e. The first-order valence-electron chi connectivity index (χ1n) is 5.50. The molecule has 0 spiro atoms. The van der Waals surface area contributed by atoms with Crippen molar-refractivity contribution in [1.29, 1.82) is 0 Å². The number of anilines is 1. The van der Waals surface area contributed by atoms with E-state index in [0.717, 1.165) is 36.6 Å². The highest BCUT2D eigenvalue weighted by atomic mass is 79.9. The smallest absolute Gasteiger partial charge is 0.152 e. The number of nitrogens with zero attached hydrogens (tertiary/aromatic N) is 5. The van der Waals surface area contributed by atoms with Crippen LogP contribution in [0.25, 0.3) is 0 Å². The number of aromatic nitrogens is 4. The highest BCUT2D eigenvalue weighted by Crippen LogP contribution is 2.23. The van der Waals surface area contributed by atoms with Gasteiger partial charge in [-0.1, -0.05) is 22.0 Å². The first-order chi connectivity index (χ1) is 8.38. The molecule has 17 heavy (non-hydrogen) atoms. The van der Waals surface area contributed by atoms with Crippen molar-refractivity contribution < 1.29 is 0 Å². The number of pyridine rings is 1. The highest BCUT2D eigenvalue weighted by Gasteiger charge is 2.20. The van der Waals surface area contributed by atoms with Crippen LogP contribution in [-0.4, -0.2) is 26.3 Å². The van der Waals surface area contributed by atoms with Gasteiger partial charge in [-0.05, 0) is 6.07 Å². The van der Waals surface area contributed by atoms with Gasteiger partial charge in [0.1, 0.15) is 12.1 Å². The number of hydrogen-bond donors (Lipinski definition) is 0. The van der Waals surface area contributed by atoms with E-state index < -0.39 is 0 Å². The summed E-state index contributed by atoms with van der Waals surface area (Å²) in [4.78, 5) is 6.72. The molecule has 0 radical (unpaired) electrons. The standard InChI is InChI=1S/C11H12BrN5/c12-6-9-2-1-3-13-11(9)16-4-5-17-8-14-15-10(17)7-16/h1-3,8H,4-7H2. The third kappa shape index (κ3) is 1.93. The molecule has 0 aromatic carbocycles. The Bertz CT molecular complexity index is 524. The molecule has 5 nitrogen and oxygen atoms in total. The maximum atomic E-state index is 4.47. The summed E-state index contributed by atoms with van der Waals surface area (Å²) in [5.41, 5.74) is 1.21. The summed E-state index contributed by atoms with van der Waals surface area (Å²) in [5, 5.41) is 8.87. The Kier molecular flexibility index (Phi) is 2.80. The molecule has 0 atom stereocenters. The Labute approximate surface area is 108 Å². The van der Waals surface area contributed by atoms with Crippen LogP contribution in [0.5, 0.6) is 0 Å². The predicted octanol–water partition coefficient (Wildman–Crippen LogP) is 1.59. The lowest BCUT2D eigenvalue weighted by Gasteiger charge is -2.29. The second kappa shape index (κ2) is 4.44. The minimum atomic E-state index is 0.775. The van der Waals surface area contributed by atoms with Gasteiger partial charge >= 0.3 is 0 Å². The SMILES string of the molecule is BrCc1cccnc1N1CCn2cnnc2C1. The zero-order valence-corrected chi connectivity index (χ0v) is 10.8. The van der Waals surface area contributed by atoms with Crippen LogP contribution in [0, 0.1) is 0 Å². The molecule has 0 saturated carbocycles. The minimum Gasteiger partial charge on any atom is -0.347 e. The molecule has 0 unspecified atom stereocenters. The van der Waals surface area contributed by atoms with Gasteiger partial charge in [-0.3, -0.25) is 0 Å². The van der Waals surface area contributed by atoms with Crippen molar-refractivity contribution in [3.05, 3.63) is 36.0 Å². The van der Waals surface area contributed by atoms with Crippen LogP contribution in [0.3, 0.4) is 0 Å². The lowest BCUT2D eigenvalue weighted by atomic mass is 10.2. The van der Waals surface area contributed by atoms with Crippen molar-refractivity contribution in [2.45, 2.75) is 18.4 Å². The van der Waals surface area contributed by atoms with E-state index in [1.165, 1.54) is 5.56 Å². The summed E-state index contributed by atoms with van der Waals surface area (Å²) < 4.78 is 2.09. The molecule has 1 aliphatic rings. The summed E-state index contributed by atoms with van der Waals surface area (Å²) in [5.74, 6) is 2.04. The van der Waals surface area contributed by atoms with Gasteiger partial charge in [0.2, 0.25) is 0 Å². The lowest BCUT2D eigenvalue weighted by molar-refractivity contribution is 0.555. The Morgan fingerprint density at radius 3 is 3.18 bits per heavy atom. The highest BCUT2D eigenvalue weighted by molar-refractivity contribution is 9.08. The summed E-state index contributed by atoms with van der Waals surface area (Å²) in [7, 11) is 0. The van der Waals surface area contributed by atoms with Crippen LogP contribution in [-0.2, 0) is 18.4 Å². The molecule has 2 aromatic rings. The Balaban J connectivity index is 1.91. The number of alkyl halides is 1. The second-order valence-corrected chi connectivity index (χ2v) is 4.54. The van der Waals surface area contributed by atoms with E-state index in [1.807, 2.05) is 12.3 Å². The quantitative estimate of drug-likeness (QED) is 0.789. The van der Waals surface area contributed by atoms with E-state index in [0.29, 0.717) is 0 Å². The van der Waals surface area contributed by atoms with Crippen LogP contribution in [0.2, 0.25) is 0 Å². The predicted molar refractivity (Wildman–Crippen MR) is 67.9 cm³/mol. The van der Waals surface area contributed by atoms with Crippen molar-refractivity contribution in [2.75, 3.05) is 11.4 Å². The van der Waals surface area contributed by atoms with E-state index in [4.69, 9.17) is 0 Å². The Morgan fingerprint density at radius 2 is 2.29 bits per heavy atom. The normalized spacial score (nSPS) is 14.8. The molecule has 6 heteroatoms. The molecule has 3 heterocycles. The van der Waals surface area contributed by atoms with Gasteiger partial charge in [-0.15, -0.1) is 10.2 Å². The van der Waals surface area contributed by atoms with Crippen molar-refractivity contribution in [1.82, 2.24) is 19.7 Å². The molecule has 0 bridgehead atoms. The maximum Gasteiger partial charge on any atom is 0.152 e. The Morgan fingerprint density at radius 1 is 1.35 bits per heavy atom. The maximum absolute atomic E-state index is 4.47. The van der Waals surface area contributed by atoms with Crippen LogP contribution in [0.15, 0.2) is 24.7 Å². The molecule has 1 aliphatic heterocycles. The van der Waals surface area contributed by atoms with Gasteiger partial charge in [-0.25, -0.2) is 4.98 Å². The molecule has 0 fully saturated rings. The van der Waals surface area contributed by atoms with Crippen molar-refractivity contribution in [2.24, 2.45) is 0 Å². The van der Waals surface area contributed by atoms with Gasteiger partial charge in [0.25, 0.3) is 0 Å². The van der Waals surface area contributed by atoms with Gasteiger partial charge < -0.3 is 9.47 Å². The second-order valence-electron chi connectivity index (χ2n) is 3.98. The Hall–Kier alpha value is -1.43. The molecular formula is C11H12BrN5. The topological polar surface area (TPSA) is 46.8 Å². The van der Waals surface area contributed by atoms with Crippen LogP contribution >= 0.6 is 15.9 Å². The van der Waals surface area contributed by atoms with E-state index in [1.54, 1.807) is 6.33 Å². The zero-order valence-electron chi connectivity index (χ0n) is 9.25. The van der Waals surface area contributed by atoms with E-state index >= 15 is 0 Å². The fourth-order valence-corrected chi connectivity index (χ4v) is 2.50. The summed E-state index contributed by atoms with van der Waals surface area (Å²) in [6, 6.07) is 4.06. The van der Waals surface area contributed by atoms with Crippen LogP contribution < -0.4 is 4.90 Å². The minimum absolute atomic E-state index is 0.775. The van der Waals surface area contributed by atoms with Gasteiger partial charge in [-0.2, -0.15) is 0 Å². The number of hydrogen-bond acceptors (Lipinski definition) is 4. The van der Waals surface area contributed by atoms with Crippen LogP contribution in [0.4, 0.5) is 5.82 Å². The third-order valence-electron chi connectivity index (χ3n) is 2.95. The first-order valence-corrected chi connectivity index (χ1v) is 6.62. The van der Waals surface area contributed by atoms with Gasteiger partial charge in [0, 0.05) is 30.2 Å². The van der Waals surface area contributed by atoms with E-state index in [2.05, 4.69) is 46.6 Å². The van der Waals surface area contributed by atoms with Gasteiger partial charge in [0.15, 0.2) is 5.82 Å². The molecule has 0 saturated heterocycles. The summed E-state index contributed by atoms with van der Waals surface area (Å²) in [6.45, 7) is 2.64. The number of halogens is 1. The summed E-state index contributed by atoms with van der Waals surface area (Å²) in [6.07, 6.45) is 3.62. The fourth-order valence-electron chi connectivity index (χ4n) is 2.07. The molecule has 2 aromatic heterocycles. The van der Waals surface area contributed by atoms with Gasteiger partial charge in [0.05, 0.1) is 6.54 Å². The van der Waals surface area contributed by atoms with Crippen molar-refractivity contribution >= 4 is 21.7 Å². The van der Waals surface area contributed by atoms with Crippen molar-refractivity contribution in [3.63, 3.8) is 0 Å².